The topological polar surface area (TPSA) is 78.4 Å². The standard InChI is InChI=1S/C16H22N2O3/c1-2-13(9-11-3-4-11)17-16(21)18-14-7-5-12(6-8-14)10-15(19)20/h5-8,11,13H,2-4,9-10H2,1H3,(H,19,20)(H2,17,18,21). The highest BCUT2D eigenvalue weighted by Crippen LogP contribution is 2.34. The lowest BCUT2D eigenvalue weighted by Crippen LogP contribution is -2.37. The Morgan fingerprint density at radius 1 is 1.29 bits per heavy atom. The summed E-state index contributed by atoms with van der Waals surface area (Å²) in [4.78, 5) is 22.5. The van der Waals surface area contributed by atoms with Crippen molar-refractivity contribution >= 4 is 17.7 Å². The van der Waals surface area contributed by atoms with E-state index < -0.39 is 5.97 Å². The van der Waals surface area contributed by atoms with Gasteiger partial charge in [-0.2, -0.15) is 0 Å². The lowest BCUT2D eigenvalue weighted by atomic mass is 10.1. The number of amides is 2. The number of carbonyl (C=O) groups excluding carboxylic acids is 1. The van der Waals surface area contributed by atoms with Crippen LogP contribution in [0.2, 0.25) is 0 Å². The Bertz CT molecular complexity index is 495. The Labute approximate surface area is 124 Å². The molecule has 3 N–H and O–H groups in total. The Morgan fingerprint density at radius 2 is 1.95 bits per heavy atom. The minimum absolute atomic E-state index is 0.00816. The van der Waals surface area contributed by atoms with Crippen molar-refractivity contribution < 1.29 is 14.7 Å². The predicted molar refractivity (Wildman–Crippen MR) is 81.4 cm³/mol. The molecule has 2 amide bonds. The molecule has 2 rings (SSSR count). The smallest absolute Gasteiger partial charge is 0.319 e. The molecule has 1 aromatic rings. The van der Waals surface area contributed by atoms with Gasteiger partial charge >= 0.3 is 12.0 Å². The van der Waals surface area contributed by atoms with Gasteiger partial charge < -0.3 is 15.7 Å². The summed E-state index contributed by atoms with van der Waals surface area (Å²) in [5.41, 5.74) is 1.39. The third kappa shape index (κ3) is 5.45. The maximum atomic E-state index is 11.9. The number of carbonyl (C=O) groups is 2. The van der Waals surface area contributed by atoms with Crippen molar-refractivity contribution in [2.24, 2.45) is 5.92 Å². The third-order valence-corrected chi connectivity index (χ3v) is 3.71. The highest BCUT2D eigenvalue weighted by atomic mass is 16.4. The molecule has 5 heteroatoms. The summed E-state index contributed by atoms with van der Waals surface area (Å²) in [6.07, 6.45) is 4.55. The van der Waals surface area contributed by atoms with E-state index in [2.05, 4.69) is 17.6 Å². The number of urea groups is 1. The Morgan fingerprint density at radius 3 is 2.48 bits per heavy atom. The number of hydrogen-bond donors (Lipinski definition) is 3. The normalized spacial score (nSPS) is 15.3. The van der Waals surface area contributed by atoms with E-state index in [0.29, 0.717) is 11.3 Å². The van der Waals surface area contributed by atoms with Crippen LogP contribution in [0.1, 0.15) is 38.2 Å². The van der Waals surface area contributed by atoms with Crippen molar-refractivity contribution in [2.75, 3.05) is 5.32 Å². The molecule has 0 heterocycles. The van der Waals surface area contributed by atoms with Gasteiger partial charge in [0.05, 0.1) is 6.42 Å². The van der Waals surface area contributed by atoms with E-state index in [4.69, 9.17) is 5.11 Å². The van der Waals surface area contributed by atoms with Crippen molar-refractivity contribution in [1.29, 1.82) is 0 Å². The van der Waals surface area contributed by atoms with Crippen molar-refractivity contribution in [3.63, 3.8) is 0 Å². The van der Waals surface area contributed by atoms with Crippen molar-refractivity contribution in [2.45, 2.75) is 45.1 Å². The molecule has 0 saturated heterocycles. The molecule has 0 radical (unpaired) electrons. The van der Waals surface area contributed by atoms with Crippen LogP contribution < -0.4 is 10.6 Å². The Balaban J connectivity index is 1.82. The van der Waals surface area contributed by atoms with Gasteiger partial charge in [-0.1, -0.05) is 31.9 Å². The van der Waals surface area contributed by atoms with Crippen LogP contribution in [0, 0.1) is 5.92 Å². The zero-order valence-corrected chi connectivity index (χ0v) is 12.3. The first-order chi connectivity index (χ1) is 10.1. The SMILES string of the molecule is CCC(CC1CC1)NC(=O)Nc1ccc(CC(=O)O)cc1. The van der Waals surface area contributed by atoms with Crippen LogP contribution in [0.3, 0.4) is 0 Å². The molecule has 0 aromatic heterocycles. The van der Waals surface area contributed by atoms with E-state index in [1.165, 1.54) is 12.8 Å². The minimum Gasteiger partial charge on any atom is -0.481 e. The lowest BCUT2D eigenvalue weighted by molar-refractivity contribution is -0.136. The van der Waals surface area contributed by atoms with E-state index in [1.54, 1.807) is 24.3 Å². The molecular weight excluding hydrogens is 268 g/mol. The molecule has 1 fully saturated rings. The molecule has 1 aromatic carbocycles. The van der Waals surface area contributed by atoms with E-state index in [9.17, 15) is 9.59 Å². The van der Waals surface area contributed by atoms with Gasteiger partial charge in [-0.25, -0.2) is 4.79 Å². The maximum absolute atomic E-state index is 11.9. The third-order valence-electron chi connectivity index (χ3n) is 3.71. The van der Waals surface area contributed by atoms with Gasteiger partial charge in [0.25, 0.3) is 0 Å². The van der Waals surface area contributed by atoms with Crippen molar-refractivity contribution in [1.82, 2.24) is 5.32 Å². The first-order valence-corrected chi connectivity index (χ1v) is 7.45. The van der Waals surface area contributed by atoms with E-state index >= 15 is 0 Å². The fraction of sp³-hybridized carbons (Fsp3) is 0.500. The summed E-state index contributed by atoms with van der Waals surface area (Å²) >= 11 is 0. The van der Waals surface area contributed by atoms with Crippen LogP contribution in [0.4, 0.5) is 10.5 Å². The minimum atomic E-state index is -0.862. The molecular formula is C16H22N2O3. The predicted octanol–water partition coefficient (Wildman–Crippen LogP) is 3.01. The number of carboxylic acids is 1. The first-order valence-electron chi connectivity index (χ1n) is 7.45. The highest BCUT2D eigenvalue weighted by molar-refractivity contribution is 5.89. The van der Waals surface area contributed by atoms with Gasteiger partial charge in [0, 0.05) is 11.7 Å². The molecule has 1 aliphatic carbocycles. The summed E-state index contributed by atoms with van der Waals surface area (Å²) in [6.45, 7) is 2.08. The lowest BCUT2D eigenvalue weighted by Gasteiger charge is -2.17. The van der Waals surface area contributed by atoms with Gasteiger partial charge in [-0.3, -0.25) is 4.79 Å². The molecule has 1 atom stereocenters. The molecule has 0 aliphatic heterocycles. The van der Waals surface area contributed by atoms with Crippen LogP contribution in [0.5, 0.6) is 0 Å². The maximum Gasteiger partial charge on any atom is 0.319 e. The number of carboxylic acid groups (broad SMARTS) is 1. The van der Waals surface area contributed by atoms with Gasteiger partial charge in [-0.05, 0) is 36.5 Å². The molecule has 0 bridgehead atoms. The first kappa shape index (κ1) is 15.4. The van der Waals surface area contributed by atoms with Crippen LogP contribution >= 0.6 is 0 Å². The molecule has 0 spiro atoms. The number of benzene rings is 1. The van der Waals surface area contributed by atoms with E-state index in [1.807, 2.05) is 0 Å². The van der Waals surface area contributed by atoms with Gasteiger partial charge in [-0.15, -0.1) is 0 Å². The van der Waals surface area contributed by atoms with Gasteiger partial charge in [0.15, 0.2) is 0 Å². The summed E-state index contributed by atoms with van der Waals surface area (Å²) in [7, 11) is 0. The summed E-state index contributed by atoms with van der Waals surface area (Å²) in [5, 5.41) is 14.5. The van der Waals surface area contributed by atoms with Gasteiger partial charge in [0.1, 0.15) is 0 Å². The Hall–Kier alpha value is -2.04. The second kappa shape index (κ2) is 7.11. The van der Waals surface area contributed by atoms with Crippen LogP contribution in [-0.2, 0) is 11.2 Å². The fourth-order valence-electron chi connectivity index (χ4n) is 2.32. The average molecular weight is 290 g/mol. The molecule has 1 saturated carbocycles. The van der Waals surface area contributed by atoms with Crippen molar-refractivity contribution in [3.8, 4) is 0 Å². The highest BCUT2D eigenvalue weighted by Gasteiger charge is 2.25. The van der Waals surface area contributed by atoms with Crippen LogP contribution in [0.15, 0.2) is 24.3 Å². The number of anilines is 1. The molecule has 21 heavy (non-hydrogen) atoms. The largest absolute Gasteiger partial charge is 0.481 e. The second-order valence-electron chi connectivity index (χ2n) is 5.65. The average Bonchev–Trinajstić information content (AvgIpc) is 3.23. The molecule has 5 nitrogen and oxygen atoms in total. The summed E-state index contributed by atoms with van der Waals surface area (Å²) < 4.78 is 0. The molecule has 1 aliphatic rings. The Kier molecular flexibility index (Phi) is 5.20. The fourth-order valence-corrected chi connectivity index (χ4v) is 2.32. The zero-order chi connectivity index (χ0) is 15.2. The number of hydrogen-bond acceptors (Lipinski definition) is 2. The number of aliphatic carboxylic acids is 1. The van der Waals surface area contributed by atoms with E-state index in [0.717, 1.165) is 18.8 Å². The monoisotopic (exact) mass is 290 g/mol. The molecule has 1 unspecified atom stereocenters. The van der Waals surface area contributed by atoms with Crippen LogP contribution in [0.25, 0.3) is 0 Å². The second-order valence-corrected chi connectivity index (χ2v) is 5.65. The summed E-state index contributed by atoms with van der Waals surface area (Å²) in [5.74, 6) is -0.0788. The van der Waals surface area contributed by atoms with Gasteiger partial charge in [0.2, 0.25) is 0 Å². The number of nitrogens with one attached hydrogen (secondary N) is 2. The zero-order valence-electron chi connectivity index (χ0n) is 12.3. The van der Waals surface area contributed by atoms with Crippen molar-refractivity contribution in [3.05, 3.63) is 29.8 Å². The van der Waals surface area contributed by atoms with Crippen LogP contribution in [-0.4, -0.2) is 23.1 Å². The number of rotatable bonds is 7. The molecule has 114 valence electrons. The van der Waals surface area contributed by atoms with E-state index in [-0.39, 0.29) is 18.5 Å². The summed E-state index contributed by atoms with van der Waals surface area (Å²) in [6, 6.07) is 6.90. The quantitative estimate of drug-likeness (QED) is 0.722.